The van der Waals surface area contributed by atoms with E-state index < -0.39 is 8.80 Å². The van der Waals surface area contributed by atoms with Crippen LogP contribution in [-0.4, -0.2) is 15.3 Å². The van der Waals surface area contributed by atoms with E-state index in [2.05, 4.69) is 24.5 Å². The van der Waals surface area contributed by atoms with Crippen molar-refractivity contribution in [3.8, 4) is 0 Å². The lowest BCUT2D eigenvalue weighted by molar-refractivity contribution is 0.713. The minimum Gasteiger partial charge on any atom is -0.392 e. The van der Waals surface area contributed by atoms with Crippen LogP contribution in [0.4, 0.5) is 0 Å². The molecule has 1 nitrogen and oxygen atoms in total. The lowest BCUT2D eigenvalue weighted by Crippen LogP contribution is -2.26. The Morgan fingerprint density at radius 1 is 1.56 bits per heavy atom. The summed E-state index contributed by atoms with van der Waals surface area (Å²) in [5.41, 5.74) is 0. The highest BCUT2D eigenvalue weighted by Gasteiger charge is 2.05. The summed E-state index contributed by atoms with van der Waals surface area (Å²) in [6.45, 7) is 5.94. The van der Waals surface area contributed by atoms with Crippen LogP contribution in [0.15, 0.2) is 11.4 Å². The topological polar surface area (TPSA) is 12.0 Å². The number of hydrogen-bond acceptors (Lipinski definition) is 1. The molecule has 1 rings (SSSR count). The maximum absolute atomic E-state index is 3.44. The summed E-state index contributed by atoms with van der Waals surface area (Å²) in [4.78, 5) is 0. The maximum Gasteiger partial charge on any atom is 0.0844 e. The first-order valence-electron chi connectivity index (χ1n) is 3.74. The van der Waals surface area contributed by atoms with Crippen molar-refractivity contribution < 1.29 is 0 Å². The van der Waals surface area contributed by atoms with Crippen LogP contribution in [0.2, 0.25) is 13.1 Å². The highest BCUT2D eigenvalue weighted by atomic mass is 28.3. The lowest BCUT2D eigenvalue weighted by atomic mass is 10.2. The summed E-state index contributed by atoms with van der Waals surface area (Å²) in [6, 6.07) is 0. The van der Waals surface area contributed by atoms with Gasteiger partial charge in [-0.1, -0.05) is 19.2 Å². The molecule has 0 aromatic carbocycles. The van der Waals surface area contributed by atoms with Gasteiger partial charge in [-0.05, 0) is 18.2 Å². The average Bonchev–Trinajstić information content (AvgIpc) is 1.90. The second-order valence-corrected chi connectivity index (χ2v) is 5.81. The summed E-state index contributed by atoms with van der Waals surface area (Å²) >= 11 is 0. The Balaban J connectivity index is 2.46. The van der Waals surface area contributed by atoms with E-state index in [4.69, 9.17) is 0 Å². The van der Waals surface area contributed by atoms with Crippen molar-refractivity contribution in [3.63, 3.8) is 0 Å². The molecule has 1 aliphatic heterocycles. The minimum absolute atomic E-state index is 0.502. The predicted octanol–water partition coefficient (Wildman–Crippen LogP) is 1.28. The van der Waals surface area contributed by atoms with Gasteiger partial charge in [0.1, 0.15) is 0 Å². The Morgan fingerprint density at radius 2 is 2.33 bits per heavy atom. The molecule has 0 unspecified atom stereocenters. The van der Waals surface area contributed by atoms with Gasteiger partial charge in [0.05, 0.1) is 8.80 Å². The monoisotopic (exact) mass is 141 g/mol. The zero-order valence-corrected chi connectivity index (χ0v) is 7.43. The number of nitrogens with one attached hydrogen (secondary N) is 1. The smallest absolute Gasteiger partial charge is 0.0844 e. The van der Waals surface area contributed by atoms with Crippen molar-refractivity contribution in [3.05, 3.63) is 11.4 Å². The fraction of sp³-hybridized carbons (Fsp3) is 0.714. The molecule has 0 atom stereocenters. The van der Waals surface area contributed by atoms with Crippen LogP contribution in [0, 0.1) is 0 Å². The zero-order chi connectivity index (χ0) is 6.69. The quantitative estimate of drug-likeness (QED) is 0.542. The number of rotatable bonds is 1. The van der Waals surface area contributed by atoms with Crippen molar-refractivity contribution in [1.82, 2.24) is 5.32 Å². The molecule has 0 amide bonds. The van der Waals surface area contributed by atoms with Gasteiger partial charge in [0, 0.05) is 6.54 Å². The number of allylic oxidation sites excluding steroid dienone is 1. The fourth-order valence-corrected chi connectivity index (χ4v) is 2.30. The van der Waals surface area contributed by atoms with Gasteiger partial charge < -0.3 is 5.32 Å². The van der Waals surface area contributed by atoms with Gasteiger partial charge in [0.2, 0.25) is 0 Å². The van der Waals surface area contributed by atoms with Crippen LogP contribution in [0.5, 0.6) is 0 Å². The largest absolute Gasteiger partial charge is 0.392 e. The third-order valence-corrected chi connectivity index (χ3v) is 3.38. The van der Waals surface area contributed by atoms with E-state index in [1.807, 2.05) is 0 Å². The second-order valence-electron chi connectivity index (χ2n) is 2.88. The summed E-state index contributed by atoms with van der Waals surface area (Å²) in [7, 11) is -0.502. The van der Waals surface area contributed by atoms with Gasteiger partial charge in [0.15, 0.2) is 0 Å². The number of hydrogen-bond donors (Lipinski definition) is 1. The summed E-state index contributed by atoms with van der Waals surface area (Å²) in [5.74, 6) is 0. The van der Waals surface area contributed by atoms with Gasteiger partial charge in [-0.2, -0.15) is 0 Å². The van der Waals surface area contributed by atoms with Crippen molar-refractivity contribution in [1.29, 1.82) is 0 Å². The third kappa shape index (κ3) is 1.86. The van der Waals surface area contributed by atoms with Crippen molar-refractivity contribution in [2.75, 3.05) is 6.54 Å². The molecule has 0 saturated carbocycles. The molecule has 9 heavy (non-hydrogen) atoms. The molecule has 0 spiro atoms. The molecule has 0 fully saturated rings. The normalized spacial score (nSPS) is 19.2. The highest BCUT2D eigenvalue weighted by Crippen LogP contribution is 2.05. The van der Waals surface area contributed by atoms with Crippen LogP contribution < -0.4 is 5.32 Å². The molecule has 0 aliphatic carbocycles. The van der Waals surface area contributed by atoms with Gasteiger partial charge >= 0.3 is 0 Å². The average molecular weight is 141 g/mol. The molecule has 52 valence electrons. The maximum atomic E-state index is 3.44. The van der Waals surface area contributed by atoms with E-state index in [0.717, 1.165) is 0 Å². The van der Waals surface area contributed by atoms with E-state index in [9.17, 15) is 0 Å². The second kappa shape index (κ2) is 3.06. The summed E-state index contributed by atoms with van der Waals surface area (Å²) < 4.78 is 0. The van der Waals surface area contributed by atoms with E-state index >= 15 is 0 Å². The van der Waals surface area contributed by atoms with Gasteiger partial charge in [-0.15, -0.1) is 0 Å². The van der Waals surface area contributed by atoms with E-state index in [-0.39, 0.29) is 0 Å². The molecule has 2 heteroatoms. The Hall–Kier alpha value is -0.243. The van der Waals surface area contributed by atoms with Crippen LogP contribution in [0.25, 0.3) is 0 Å². The highest BCUT2D eigenvalue weighted by molar-refractivity contribution is 6.63. The van der Waals surface area contributed by atoms with Crippen molar-refractivity contribution in [2.45, 2.75) is 25.9 Å². The molecule has 0 aromatic rings. The van der Waals surface area contributed by atoms with Crippen molar-refractivity contribution >= 4 is 8.80 Å². The van der Waals surface area contributed by atoms with E-state index in [0.29, 0.717) is 0 Å². The SMILES string of the molecule is C[SiH](C)C1=CCCCN1. The molecule has 0 bridgehead atoms. The first-order valence-corrected chi connectivity index (χ1v) is 6.63. The van der Waals surface area contributed by atoms with Crippen LogP contribution in [-0.2, 0) is 0 Å². The first kappa shape index (κ1) is 6.87. The van der Waals surface area contributed by atoms with Crippen LogP contribution >= 0.6 is 0 Å². The standard InChI is InChI=1S/C7H15NSi/c1-9(2)7-5-3-4-6-8-7/h5,8-9H,3-4,6H2,1-2H3. The van der Waals surface area contributed by atoms with Crippen LogP contribution in [0.1, 0.15) is 12.8 Å². The molecule has 1 N–H and O–H groups in total. The van der Waals surface area contributed by atoms with E-state index in [1.165, 1.54) is 19.4 Å². The van der Waals surface area contributed by atoms with Crippen LogP contribution in [0.3, 0.4) is 0 Å². The fourth-order valence-electron chi connectivity index (χ4n) is 1.10. The molecular weight excluding hydrogens is 126 g/mol. The Bertz CT molecular complexity index is 118. The van der Waals surface area contributed by atoms with E-state index in [1.54, 1.807) is 5.32 Å². The Kier molecular flexibility index (Phi) is 2.34. The summed E-state index contributed by atoms with van der Waals surface area (Å²) in [6.07, 6.45) is 5.00. The molecule has 0 aromatic heterocycles. The van der Waals surface area contributed by atoms with Gasteiger partial charge in [0.25, 0.3) is 0 Å². The molecule has 1 heterocycles. The third-order valence-electron chi connectivity index (χ3n) is 1.70. The zero-order valence-electron chi connectivity index (χ0n) is 6.28. The summed E-state index contributed by atoms with van der Waals surface area (Å²) in [5, 5.41) is 5.01. The molecular formula is C7H15NSi. The lowest BCUT2D eigenvalue weighted by Gasteiger charge is -2.17. The van der Waals surface area contributed by atoms with Gasteiger partial charge in [-0.3, -0.25) is 0 Å². The minimum atomic E-state index is -0.502. The molecule has 1 aliphatic rings. The van der Waals surface area contributed by atoms with Crippen molar-refractivity contribution in [2.24, 2.45) is 0 Å². The molecule has 0 radical (unpaired) electrons. The predicted molar refractivity (Wildman–Crippen MR) is 44.2 cm³/mol. The Morgan fingerprint density at radius 3 is 2.67 bits per heavy atom. The first-order chi connectivity index (χ1) is 4.30. The van der Waals surface area contributed by atoms with Gasteiger partial charge in [-0.25, -0.2) is 0 Å². The Labute approximate surface area is 58.8 Å². The molecule has 0 saturated heterocycles.